The number of aliphatic imine (C=N–C) groups is 1. The molecule has 0 amide bonds. The predicted octanol–water partition coefficient (Wildman–Crippen LogP) is 2.81. The van der Waals surface area contributed by atoms with Crippen LogP contribution in [-0.4, -0.2) is 21.8 Å². The van der Waals surface area contributed by atoms with Crippen molar-refractivity contribution in [2.75, 3.05) is 0 Å². The fraction of sp³-hybridized carbons (Fsp3) is 0. The molecule has 0 bridgehead atoms. The van der Waals surface area contributed by atoms with Gasteiger partial charge in [-0.25, -0.2) is 9.67 Å². The first-order chi connectivity index (χ1) is 13.3. The second kappa shape index (κ2) is 4.38. The Morgan fingerprint density at radius 1 is 0.815 bits per heavy atom. The van der Waals surface area contributed by atoms with E-state index in [2.05, 4.69) is 28.9 Å². The molecule has 0 N–H and O–H groups in total. The van der Waals surface area contributed by atoms with Crippen molar-refractivity contribution in [1.82, 2.24) is 9.27 Å². The molecule has 4 nitrogen and oxygen atoms in total. The molecule has 3 aromatic carbocycles. The Hall–Kier alpha value is -3.60. The fourth-order valence-electron chi connectivity index (χ4n) is 4.89. The molecule has 124 valence electrons. The Morgan fingerprint density at radius 2 is 1.56 bits per heavy atom. The van der Waals surface area contributed by atoms with Gasteiger partial charge in [-0.3, -0.25) is 4.79 Å². The fourth-order valence-corrected chi connectivity index (χ4v) is 4.89. The zero-order chi connectivity index (χ0) is 17.7. The number of allylic oxidation sites excluding steroid dienone is 1. The van der Waals surface area contributed by atoms with Crippen LogP contribution in [0.1, 0.15) is 11.1 Å². The number of rotatable bonds is 0. The van der Waals surface area contributed by atoms with Gasteiger partial charge >= 0.3 is 6.85 Å². The summed E-state index contributed by atoms with van der Waals surface area (Å²) in [6.07, 6.45) is 0. The normalized spacial score (nSPS) is 15.6. The highest BCUT2D eigenvalue weighted by atomic mass is 16.1. The van der Waals surface area contributed by atoms with Crippen LogP contribution >= 0.6 is 0 Å². The zero-order valence-corrected chi connectivity index (χ0v) is 14.3. The van der Waals surface area contributed by atoms with Crippen LogP contribution in [0, 0.1) is 0 Å². The van der Waals surface area contributed by atoms with Gasteiger partial charge in [0.15, 0.2) is 0 Å². The summed E-state index contributed by atoms with van der Waals surface area (Å²) >= 11 is 0. The number of aromatic nitrogens is 2. The van der Waals surface area contributed by atoms with Gasteiger partial charge in [-0.15, -0.1) is 0 Å². The monoisotopic (exact) mass is 345 g/mol. The molecule has 0 saturated carbocycles. The minimum Gasteiger partial charge on any atom is -0.310 e. The van der Waals surface area contributed by atoms with Crippen molar-refractivity contribution < 1.29 is 0 Å². The molecule has 1 aromatic heterocycles. The van der Waals surface area contributed by atoms with Crippen LogP contribution in [0.2, 0.25) is 0 Å². The quantitative estimate of drug-likeness (QED) is 0.452. The van der Waals surface area contributed by atoms with Crippen LogP contribution in [0.15, 0.2) is 88.1 Å². The van der Waals surface area contributed by atoms with Crippen molar-refractivity contribution in [2.24, 2.45) is 4.99 Å². The van der Waals surface area contributed by atoms with E-state index in [4.69, 9.17) is 4.99 Å². The first kappa shape index (κ1) is 13.6. The Balaban J connectivity index is 1.74. The lowest BCUT2D eigenvalue weighted by Crippen LogP contribution is -2.44. The largest absolute Gasteiger partial charge is 0.354 e. The van der Waals surface area contributed by atoms with Gasteiger partial charge in [0.1, 0.15) is 0 Å². The molecule has 3 heterocycles. The number of fused-ring (bicyclic) bond motifs is 10. The Kier molecular flexibility index (Phi) is 2.20. The van der Waals surface area contributed by atoms with Crippen LogP contribution in [0.5, 0.6) is 0 Å². The third kappa shape index (κ3) is 1.41. The summed E-state index contributed by atoms with van der Waals surface area (Å²) in [5.41, 5.74) is 8.49. The molecular formula is C22H12BN3O. The molecule has 0 unspecified atom stereocenters. The number of hydrogen-bond acceptors (Lipinski definition) is 2. The van der Waals surface area contributed by atoms with E-state index in [1.807, 2.05) is 53.2 Å². The first-order valence-corrected chi connectivity index (χ1v) is 9.09. The van der Waals surface area contributed by atoms with Crippen molar-refractivity contribution in [2.45, 2.75) is 0 Å². The summed E-state index contributed by atoms with van der Waals surface area (Å²) in [7, 11) is 0. The number of nitrogens with zero attached hydrogens (tertiary/aromatic N) is 3. The third-order valence-corrected chi connectivity index (χ3v) is 5.93. The molecule has 0 spiro atoms. The van der Waals surface area contributed by atoms with Crippen molar-refractivity contribution in [1.29, 1.82) is 0 Å². The van der Waals surface area contributed by atoms with Gasteiger partial charge in [0.2, 0.25) is 0 Å². The van der Waals surface area contributed by atoms with Crippen LogP contribution in [-0.2, 0) is 0 Å². The maximum Gasteiger partial charge on any atom is 0.354 e. The molecule has 4 aromatic rings. The van der Waals surface area contributed by atoms with E-state index < -0.39 is 0 Å². The van der Waals surface area contributed by atoms with Crippen LogP contribution < -0.4 is 11.0 Å². The van der Waals surface area contributed by atoms with Crippen molar-refractivity contribution in [3.8, 4) is 0 Å². The number of para-hydroxylation sites is 2. The second-order valence-corrected chi connectivity index (χ2v) is 7.21. The van der Waals surface area contributed by atoms with Gasteiger partial charge < -0.3 is 4.59 Å². The first-order valence-electron chi connectivity index (χ1n) is 9.09. The summed E-state index contributed by atoms with van der Waals surface area (Å²) in [4.78, 5) is 18.3. The summed E-state index contributed by atoms with van der Waals surface area (Å²) in [5, 5.41) is 0.759. The summed E-state index contributed by atoms with van der Waals surface area (Å²) in [6, 6.07) is 24.4. The van der Waals surface area contributed by atoms with Crippen molar-refractivity contribution in [3.05, 3.63) is 99.7 Å². The highest BCUT2D eigenvalue weighted by Crippen LogP contribution is 2.43. The summed E-state index contributed by atoms with van der Waals surface area (Å²) in [5.74, 6) is 0. The summed E-state index contributed by atoms with van der Waals surface area (Å²) in [6.45, 7) is -0.0244. The minimum atomic E-state index is -0.0244. The van der Waals surface area contributed by atoms with Gasteiger partial charge in [0, 0.05) is 16.6 Å². The zero-order valence-electron chi connectivity index (χ0n) is 14.3. The highest BCUT2D eigenvalue weighted by molar-refractivity contribution is 6.88. The van der Waals surface area contributed by atoms with Gasteiger partial charge in [0.05, 0.1) is 28.0 Å². The van der Waals surface area contributed by atoms with E-state index in [1.165, 1.54) is 0 Å². The lowest BCUT2D eigenvalue weighted by molar-refractivity contribution is 0.833. The Labute approximate surface area is 154 Å². The molecule has 5 heteroatoms. The standard InChI is InChI=1S/C22H12BN3O/c27-22-15-9-3-6-12-18(15)26-23-16-10-4-5-11-17(16)24-20-13-7-1-2-8-14(13)21(19(20)23)25(22)26/h1-12H. The van der Waals surface area contributed by atoms with Gasteiger partial charge in [0.25, 0.3) is 5.56 Å². The van der Waals surface area contributed by atoms with E-state index in [0.717, 1.165) is 50.1 Å². The number of benzene rings is 3. The maximum absolute atomic E-state index is 13.3. The summed E-state index contributed by atoms with van der Waals surface area (Å²) < 4.78 is 4.03. The average Bonchev–Trinajstić information content (AvgIpc) is 3.33. The molecule has 0 fully saturated rings. The minimum absolute atomic E-state index is 0.0244. The second-order valence-electron chi connectivity index (χ2n) is 7.21. The van der Waals surface area contributed by atoms with E-state index >= 15 is 0 Å². The van der Waals surface area contributed by atoms with Gasteiger partial charge in [-0.2, -0.15) is 0 Å². The van der Waals surface area contributed by atoms with Crippen molar-refractivity contribution >= 4 is 40.3 Å². The molecule has 3 aliphatic rings. The van der Waals surface area contributed by atoms with Gasteiger partial charge in [-0.1, -0.05) is 54.6 Å². The van der Waals surface area contributed by atoms with E-state index in [1.54, 1.807) is 0 Å². The molecule has 0 saturated heterocycles. The molecule has 27 heavy (non-hydrogen) atoms. The predicted molar refractivity (Wildman–Crippen MR) is 108 cm³/mol. The molecule has 2 aliphatic heterocycles. The lowest BCUT2D eigenvalue weighted by atomic mass is 9.48. The molecule has 1 aliphatic carbocycles. The van der Waals surface area contributed by atoms with Gasteiger partial charge in [-0.05, 0) is 23.7 Å². The topological polar surface area (TPSA) is 39.3 Å². The van der Waals surface area contributed by atoms with Crippen LogP contribution in [0.25, 0.3) is 16.6 Å². The SMILES string of the molecule is O=c1c2ccccc2n2n1C1=C3B2c2ccccc2N=C3c2ccccc21. The smallest absolute Gasteiger partial charge is 0.310 e. The van der Waals surface area contributed by atoms with Crippen LogP contribution in [0.3, 0.4) is 0 Å². The molecular weight excluding hydrogens is 333 g/mol. The molecule has 0 radical (unpaired) electrons. The number of hydrogen-bond donors (Lipinski definition) is 0. The molecule has 0 atom stereocenters. The third-order valence-electron chi connectivity index (χ3n) is 5.93. The van der Waals surface area contributed by atoms with E-state index in [9.17, 15) is 4.79 Å². The average molecular weight is 345 g/mol. The Bertz CT molecular complexity index is 1450. The molecule has 7 rings (SSSR count). The van der Waals surface area contributed by atoms with Crippen LogP contribution in [0.4, 0.5) is 5.69 Å². The van der Waals surface area contributed by atoms with E-state index in [0.29, 0.717) is 0 Å². The lowest BCUT2D eigenvalue weighted by Gasteiger charge is -2.22. The Morgan fingerprint density at radius 3 is 2.48 bits per heavy atom. The highest BCUT2D eigenvalue weighted by Gasteiger charge is 2.48. The van der Waals surface area contributed by atoms with E-state index in [-0.39, 0.29) is 12.4 Å². The maximum atomic E-state index is 13.3. The van der Waals surface area contributed by atoms with Crippen molar-refractivity contribution in [3.63, 3.8) is 0 Å².